The van der Waals surface area contributed by atoms with E-state index in [-0.39, 0.29) is 17.6 Å². The molecule has 1 aliphatic rings. The highest BCUT2D eigenvalue weighted by Gasteiger charge is 2.19. The van der Waals surface area contributed by atoms with Crippen molar-refractivity contribution in [2.45, 2.75) is 18.9 Å². The van der Waals surface area contributed by atoms with Crippen molar-refractivity contribution in [2.24, 2.45) is 5.73 Å². The van der Waals surface area contributed by atoms with E-state index in [9.17, 15) is 9.18 Å². The summed E-state index contributed by atoms with van der Waals surface area (Å²) in [4.78, 5) is 14.0. The first-order chi connectivity index (χ1) is 8.15. The molecule has 1 fully saturated rings. The maximum Gasteiger partial charge on any atom is 0.176 e. The third-order valence-electron chi connectivity index (χ3n) is 3.08. The number of halogens is 1. The van der Waals surface area contributed by atoms with E-state index in [1.54, 1.807) is 0 Å². The highest BCUT2D eigenvalue weighted by atomic mass is 19.1. The molecule has 1 unspecified atom stereocenters. The lowest BCUT2D eigenvalue weighted by molar-refractivity contribution is 0.0908. The van der Waals surface area contributed by atoms with E-state index in [1.807, 2.05) is 0 Å². The SMILES string of the molecule is NC1CCCN(CC(=O)c2ccc(F)cc2)C1. The number of Topliss-reactive ketones (excluding diaryl/α,β-unsaturated/α-hetero) is 1. The summed E-state index contributed by atoms with van der Waals surface area (Å²) in [6.45, 7) is 2.06. The molecule has 0 spiro atoms. The third-order valence-corrected chi connectivity index (χ3v) is 3.08. The van der Waals surface area contributed by atoms with Gasteiger partial charge in [0.1, 0.15) is 5.82 Å². The minimum atomic E-state index is -0.318. The van der Waals surface area contributed by atoms with Gasteiger partial charge in [-0.15, -0.1) is 0 Å². The Morgan fingerprint density at radius 1 is 1.41 bits per heavy atom. The number of rotatable bonds is 3. The number of nitrogens with two attached hydrogens (primary N) is 1. The van der Waals surface area contributed by atoms with Gasteiger partial charge < -0.3 is 5.73 Å². The molecule has 0 aromatic heterocycles. The van der Waals surface area contributed by atoms with Crippen LogP contribution in [0.5, 0.6) is 0 Å². The monoisotopic (exact) mass is 236 g/mol. The molecule has 3 nitrogen and oxygen atoms in total. The lowest BCUT2D eigenvalue weighted by Gasteiger charge is -2.29. The molecule has 2 N–H and O–H groups in total. The number of ketones is 1. The fourth-order valence-corrected chi connectivity index (χ4v) is 2.17. The molecule has 0 saturated carbocycles. The summed E-state index contributed by atoms with van der Waals surface area (Å²) in [5.41, 5.74) is 6.42. The van der Waals surface area contributed by atoms with E-state index in [0.717, 1.165) is 25.9 Å². The number of benzene rings is 1. The largest absolute Gasteiger partial charge is 0.327 e. The van der Waals surface area contributed by atoms with Crippen LogP contribution in [0.1, 0.15) is 23.2 Å². The van der Waals surface area contributed by atoms with Crippen molar-refractivity contribution < 1.29 is 9.18 Å². The Balaban J connectivity index is 1.94. The van der Waals surface area contributed by atoms with Crippen LogP contribution in [0.2, 0.25) is 0 Å². The molecule has 92 valence electrons. The molecule has 1 aliphatic heterocycles. The second-order valence-electron chi connectivity index (χ2n) is 4.57. The smallest absolute Gasteiger partial charge is 0.176 e. The van der Waals surface area contributed by atoms with Crippen LogP contribution >= 0.6 is 0 Å². The van der Waals surface area contributed by atoms with Crippen LogP contribution in [-0.2, 0) is 0 Å². The molecule has 1 aromatic rings. The number of carbonyl (C=O) groups is 1. The zero-order valence-electron chi connectivity index (χ0n) is 9.73. The number of likely N-dealkylation sites (tertiary alicyclic amines) is 1. The fraction of sp³-hybridized carbons (Fsp3) is 0.462. The Labute approximate surface area is 100 Å². The van der Waals surface area contributed by atoms with E-state index < -0.39 is 0 Å². The molecule has 0 radical (unpaired) electrons. The van der Waals surface area contributed by atoms with Crippen molar-refractivity contribution in [3.8, 4) is 0 Å². The number of piperidine rings is 1. The average Bonchev–Trinajstić information content (AvgIpc) is 2.29. The van der Waals surface area contributed by atoms with Gasteiger partial charge in [0.25, 0.3) is 0 Å². The summed E-state index contributed by atoms with van der Waals surface area (Å²) < 4.78 is 12.7. The van der Waals surface area contributed by atoms with Gasteiger partial charge in [-0.25, -0.2) is 4.39 Å². The van der Waals surface area contributed by atoms with Crippen LogP contribution < -0.4 is 5.73 Å². The summed E-state index contributed by atoms with van der Waals surface area (Å²) in [5.74, 6) is -0.291. The van der Waals surface area contributed by atoms with Crippen molar-refractivity contribution in [3.63, 3.8) is 0 Å². The molecule has 2 rings (SSSR count). The minimum Gasteiger partial charge on any atom is -0.327 e. The van der Waals surface area contributed by atoms with Gasteiger partial charge in [-0.1, -0.05) is 0 Å². The van der Waals surface area contributed by atoms with Gasteiger partial charge in [-0.3, -0.25) is 9.69 Å². The fourth-order valence-electron chi connectivity index (χ4n) is 2.17. The van der Waals surface area contributed by atoms with Crippen LogP contribution in [-0.4, -0.2) is 36.4 Å². The van der Waals surface area contributed by atoms with Crippen molar-refractivity contribution in [1.29, 1.82) is 0 Å². The van der Waals surface area contributed by atoms with Crippen molar-refractivity contribution in [1.82, 2.24) is 4.90 Å². The van der Waals surface area contributed by atoms with Crippen LogP contribution in [0.15, 0.2) is 24.3 Å². The van der Waals surface area contributed by atoms with Gasteiger partial charge >= 0.3 is 0 Å². The number of hydrogen-bond acceptors (Lipinski definition) is 3. The Hall–Kier alpha value is -1.26. The molecule has 4 heteroatoms. The number of carbonyl (C=O) groups excluding carboxylic acids is 1. The average molecular weight is 236 g/mol. The first-order valence-corrected chi connectivity index (χ1v) is 5.92. The zero-order chi connectivity index (χ0) is 12.3. The molecule has 1 heterocycles. The van der Waals surface area contributed by atoms with E-state index in [1.165, 1.54) is 24.3 Å². The van der Waals surface area contributed by atoms with Gasteiger partial charge in [-0.2, -0.15) is 0 Å². The highest BCUT2D eigenvalue weighted by Crippen LogP contribution is 2.10. The molecule has 1 saturated heterocycles. The molecule has 0 aliphatic carbocycles. The van der Waals surface area contributed by atoms with E-state index in [4.69, 9.17) is 5.73 Å². The van der Waals surface area contributed by atoms with Crippen molar-refractivity contribution >= 4 is 5.78 Å². The Morgan fingerprint density at radius 2 is 2.12 bits per heavy atom. The van der Waals surface area contributed by atoms with Gasteiger partial charge in [0.05, 0.1) is 6.54 Å². The molecule has 17 heavy (non-hydrogen) atoms. The summed E-state index contributed by atoms with van der Waals surface area (Å²) in [5, 5.41) is 0. The van der Waals surface area contributed by atoms with Gasteiger partial charge in [0.2, 0.25) is 0 Å². The van der Waals surface area contributed by atoms with Crippen LogP contribution in [0.4, 0.5) is 4.39 Å². The number of nitrogens with zero attached hydrogens (tertiary/aromatic N) is 1. The second-order valence-corrected chi connectivity index (χ2v) is 4.57. The molecule has 1 atom stereocenters. The normalized spacial score (nSPS) is 21.4. The van der Waals surface area contributed by atoms with Crippen molar-refractivity contribution in [3.05, 3.63) is 35.6 Å². The molecular weight excluding hydrogens is 219 g/mol. The predicted octanol–water partition coefficient (Wildman–Crippen LogP) is 1.43. The maximum absolute atomic E-state index is 12.7. The van der Waals surface area contributed by atoms with E-state index >= 15 is 0 Å². The van der Waals surface area contributed by atoms with Crippen LogP contribution in [0.25, 0.3) is 0 Å². The quantitative estimate of drug-likeness (QED) is 0.808. The maximum atomic E-state index is 12.7. The lowest BCUT2D eigenvalue weighted by Crippen LogP contribution is -2.44. The predicted molar refractivity (Wildman–Crippen MR) is 64.4 cm³/mol. The second kappa shape index (κ2) is 5.38. The first-order valence-electron chi connectivity index (χ1n) is 5.92. The molecule has 0 amide bonds. The topological polar surface area (TPSA) is 46.3 Å². The summed E-state index contributed by atoms with van der Waals surface area (Å²) in [6.07, 6.45) is 2.07. The molecule has 0 bridgehead atoms. The molecule has 1 aromatic carbocycles. The van der Waals surface area contributed by atoms with Gasteiger partial charge in [-0.05, 0) is 43.7 Å². The summed E-state index contributed by atoms with van der Waals surface area (Å²) >= 11 is 0. The highest BCUT2D eigenvalue weighted by molar-refractivity contribution is 5.97. The van der Waals surface area contributed by atoms with Crippen LogP contribution in [0, 0.1) is 5.82 Å². The standard InChI is InChI=1S/C13H17FN2O/c14-11-5-3-10(4-6-11)13(17)9-16-7-1-2-12(15)8-16/h3-6,12H,1-2,7-9,15H2. The Morgan fingerprint density at radius 3 is 2.76 bits per heavy atom. The zero-order valence-corrected chi connectivity index (χ0v) is 9.73. The molecular formula is C13H17FN2O. The van der Waals surface area contributed by atoms with Gasteiger partial charge in [0, 0.05) is 18.2 Å². The van der Waals surface area contributed by atoms with Gasteiger partial charge in [0.15, 0.2) is 5.78 Å². The van der Waals surface area contributed by atoms with E-state index in [2.05, 4.69) is 4.90 Å². The summed E-state index contributed by atoms with van der Waals surface area (Å²) in [7, 11) is 0. The third kappa shape index (κ3) is 3.35. The minimum absolute atomic E-state index is 0.0269. The Bertz CT molecular complexity index is 391. The Kier molecular flexibility index (Phi) is 3.86. The van der Waals surface area contributed by atoms with E-state index in [0.29, 0.717) is 12.1 Å². The lowest BCUT2D eigenvalue weighted by atomic mass is 10.1. The summed E-state index contributed by atoms with van der Waals surface area (Å²) in [6, 6.07) is 5.86. The first kappa shape index (κ1) is 12.2. The van der Waals surface area contributed by atoms with Crippen LogP contribution in [0.3, 0.4) is 0 Å². The number of hydrogen-bond donors (Lipinski definition) is 1. The van der Waals surface area contributed by atoms with Crippen molar-refractivity contribution in [2.75, 3.05) is 19.6 Å².